The van der Waals surface area contributed by atoms with E-state index in [9.17, 15) is 14.7 Å². The lowest BCUT2D eigenvalue weighted by Crippen LogP contribution is -2.37. The molecule has 0 bridgehead atoms. The van der Waals surface area contributed by atoms with Crippen LogP contribution in [0.5, 0.6) is 17.2 Å². The summed E-state index contributed by atoms with van der Waals surface area (Å²) in [6.07, 6.45) is 0.0896. The fourth-order valence-electron chi connectivity index (χ4n) is 2.08. The first-order chi connectivity index (χ1) is 10.9. The van der Waals surface area contributed by atoms with Gasteiger partial charge in [0.2, 0.25) is 5.91 Å². The van der Waals surface area contributed by atoms with Crippen molar-refractivity contribution in [2.75, 3.05) is 21.3 Å². The van der Waals surface area contributed by atoms with Gasteiger partial charge in [-0.15, -0.1) is 0 Å². The zero-order valence-corrected chi connectivity index (χ0v) is 13.4. The summed E-state index contributed by atoms with van der Waals surface area (Å²) in [5.41, 5.74) is 5.71. The summed E-state index contributed by atoms with van der Waals surface area (Å²) in [7, 11) is 4.52. The number of carboxylic acid groups (broad SMARTS) is 1. The monoisotopic (exact) mass is 326 g/mol. The number of amides is 1. The Hall–Kier alpha value is -2.48. The number of hydrogen-bond acceptors (Lipinski definition) is 6. The third-order valence-corrected chi connectivity index (χ3v) is 3.32. The fraction of sp³-hybridized carbons (Fsp3) is 0.467. The summed E-state index contributed by atoms with van der Waals surface area (Å²) >= 11 is 0. The number of primary amides is 1. The Morgan fingerprint density at radius 1 is 1.17 bits per heavy atom. The van der Waals surface area contributed by atoms with Crippen molar-refractivity contribution < 1.29 is 28.9 Å². The van der Waals surface area contributed by atoms with Crippen molar-refractivity contribution in [2.45, 2.75) is 25.4 Å². The van der Waals surface area contributed by atoms with Gasteiger partial charge < -0.3 is 25.1 Å². The van der Waals surface area contributed by atoms with Gasteiger partial charge in [-0.25, -0.2) is 0 Å². The zero-order valence-electron chi connectivity index (χ0n) is 13.4. The first kappa shape index (κ1) is 18.6. The molecule has 1 atom stereocenters. The standard InChI is InChI=1S/C15H22N2O6/c1-21-9-6-12(22-2)10(13(7-9)23-3)8-17-11(15(19)20)4-5-14(16)18/h6-7,11,17H,4-5,8H2,1-3H3,(H2,16,18)(H,19,20)/t11-/m0/s1. The van der Waals surface area contributed by atoms with Crippen molar-refractivity contribution >= 4 is 11.9 Å². The van der Waals surface area contributed by atoms with E-state index in [1.165, 1.54) is 21.3 Å². The molecule has 0 aliphatic rings. The van der Waals surface area contributed by atoms with Crippen LogP contribution < -0.4 is 25.3 Å². The van der Waals surface area contributed by atoms with Gasteiger partial charge in [0.15, 0.2) is 0 Å². The van der Waals surface area contributed by atoms with E-state index in [-0.39, 0.29) is 19.4 Å². The van der Waals surface area contributed by atoms with Crippen LogP contribution in [0.4, 0.5) is 0 Å². The number of carboxylic acids is 1. The molecule has 0 aromatic heterocycles. The molecule has 0 saturated carbocycles. The van der Waals surface area contributed by atoms with Crippen LogP contribution in [-0.2, 0) is 16.1 Å². The van der Waals surface area contributed by atoms with Crippen molar-refractivity contribution in [3.63, 3.8) is 0 Å². The molecule has 0 aliphatic carbocycles. The topological polar surface area (TPSA) is 120 Å². The molecule has 128 valence electrons. The molecule has 0 saturated heterocycles. The summed E-state index contributed by atoms with van der Waals surface area (Å²) in [5.74, 6) is -0.0261. The van der Waals surface area contributed by atoms with Crippen LogP contribution in [-0.4, -0.2) is 44.4 Å². The SMILES string of the molecule is COc1cc(OC)c(CN[C@@H](CCC(N)=O)C(=O)O)c(OC)c1. The van der Waals surface area contributed by atoms with Crippen molar-refractivity contribution in [3.8, 4) is 17.2 Å². The van der Waals surface area contributed by atoms with E-state index in [1.807, 2.05) is 0 Å². The van der Waals surface area contributed by atoms with Crippen LogP contribution in [0.25, 0.3) is 0 Å². The van der Waals surface area contributed by atoms with Gasteiger partial charge in [-0.05, 0) is 6.42 Å². The molecule has 0 heterocycles. The maximum Gasteiger partial charge on any atom is 0.320 e. The minimum absolute atomic E-state index is 0.0130. The minimum Gasteiger partial charge on any atom is -0.496 e. The van der Waals surface area contributed by atoms with Gasteiger partial charge in [0.05, 0.1) is 26.9 Å². The summed E-state index contributed by atoms with van der Waals surface area (Å²) in [6.45, 7) is 0.187. The zero-order chi connectivity index (χ0) is 17.4. The Labute approximate surface area is 134 Å². The molecule has 8 heteroatoms. The van der Waals surface area contributed by atoms with Crippen LogP contribution >= 0.6 is 0 Å². The first-order valence-electron chi connectivity index (χ1n) is 6.96. The second-order valence-electron chi connectivity index (χ2n) is 4.79. The number of carbonyl (C=O) groups is 2. The number of ether oxygens (including phenoxy) is 3. The van der Waals surface area contributed by atoms with Gasteiger partial charge in [-0.1, -0.05) is 0 Å². The van der Waals surface area contributed by atoms with Crippen LogP contribution in [0.15, 0.2) is 12.1 Å². The van der Waals surface area contributed by atoms with Gasteiger partial charge in [0.1, 0.15) is 23.3 Å². The van der Waals surface area contributed by atoms with Crippen LogP contribution in [0.2, 0.25) is 0 Å². The van der Waals surface area contributed by atoms with E-state index in [1.54, 1.807) is 12.1 Å². The molecule has 1 aromatic rings. The third-order valence-electron chi connectivity index (χ3n) is 3.32. The molecule has 1 rings (SSSR count). The summed E-state index contributed by atoms with van der Waals surface area (Å²) in [4.78, 5) is 22.1. The molecule has 4 N–H and O–H groups in total. The van der Waals surface area contributed by atoms with Crippen molar-refractivity contribution in [2.24, 2.45) is 5.73 Å². The lowest BCUT2D eigenvalue weighted by atomic mass is 10.1. The Morgan fingerprint density at radius 3 is 2.13 bits per heavy atom. The predicted octanol–water partition coefficient (Wildman–Crippen LogP) is 0.521. The highest BCUT2D eigenvalue weighted by atomic mass is 16.5. The molecular weight excluding hydrogens is 304 g/mol. The second-order valence-corrected chi connectivity index (χ2v) is 4.79. The highest BCUT2D eigenvalue weighted by Gasteiger charge is 2.20. The van der Waals surface area contributed by atoms with Gasteiger partial charge in [-0.2, -0.15) is 0 Å². The predicted molar refractivity (Wildman–Crippen MR) is 82.8 cm³/mol. The number of aliphatic carboxylic acids is 1. The second kappa shape index (κ2) is 8.84. The summed E-state index contributed by atoms with van der Waals surface area (Å²) in [5, 5.41) is 12.1. The van der Waals surface area contributed by atoms with E-state index in [0.717, 1.165) is 0 Å². The van der Waals surface area contributed by atoms with Crippen LogP contribution in [0, 0.1) is 0 Å². The fourth-order valence-corrected chi connectivity index (χ4v) is 2.08. The number of benzene rings is 1. The van der Waals surface area contributed by atoms with Gasteiger partial charge in [0, 0.05) is 25.1 Å². The maximum atomic E-state index is 11.2. The van der Waals surface area contributed by atoms with E-state index in [0.29, 0.717) is 22.8 Å². The van der Waals surface area contributed by atoms with Gasteiger partial charge >= 0.3 is 5.97 Å². The van der Waals surface area contributed by atoms with Crippen molar-refractivity contribution in [1.82, 2.24) is 5.32 Å². The quantitative estimate of drug-likeness (QED) is 0.573. The van der Waals surface area contributed by atoms with E-state index >= 15 is 0 Å². The lowest BCUT2D eigenvalue weighted by Gasteiger charge is -2.18. The molecule has 0 fully saturated rings. The average molecular weight is 326 g/mol. The Balaban J connectivity index is 2.93. The van der Waals surface area contributed by atoms with Crippen LogP contribution in [0.1, 0.15) is 18.4 Å². The lowest BCUT2D eigenvalue weighted by molar-refractivity contribution is -0.139. The number of rotatable bonds is 10. The van der Waals surface area contributed by atoms with Crippen molar-refractivity contribution in [1.29, 1.82) is 0 Å². The molecule has 0 aliphatic heterocycles. The minimum atomic E-state index is -1.06. The molecule has 0 radical (unpaired) electrons. The third kappa shape index (κ3) is 5.33. The number of nitrogens with one attached hydrogen (secondary N) is 1. The summed E-state index contributed by atoms with van der Waals surface area (Å²) < 4.78 is 15.8. The number of carbonyl (C=O) groups excluding carboxylic acids is 1. The molecule has 0 unspecified atom stereocenters. The molecule has 0 spiro atoms. The Morgan fingerprint density at radius 2 is 1.74 bits per heavy atom. The average Bonchev–Trinajstić information content (AvgIpc) is 2.53. The molecule has 8 nitrogen and oxygen atoms in total. The molecule has 1 amide bonds. The maximum absolute atomic E-state index is 11.2. The normalized spacial score (nSPS) is 11.6. The highest BCUT2D eigenvalue weighted by Crippen LogP contribution is 2.34. The highest BCUT2D eigenvalue weighted by molar-refractivity contribution is 5.77. The van der Waals surface area contributed by atoms with E-state index < -0.39 is 17.9 Å². The Bertz CT molecular complexity index is 536. The number of nitrogens with two attached hydrogens (primary N) is 1. The first-order valence-corrected chi connectivity index (χ1v) is 6.96. The largest absolute Gasteiger partial charge is 0.496 e. The number of hydrogen-bond donors (Lipinski definition) is 3. The Kier molecular flexibility index (Phi) is 7.14. The van der Waals surface area contributed by atoms with E-state index in [2.05, 4.69) is 5.32 Å². The van der Waals surface area contributed by atoms with E-state index in [4.69, 9.17) is 19.9 Å². The molecular formula is C15H22N2O6. The van der Waals surface area contributed by atoms with Crippen molar-refractivity contribution in [3.05, 3.63) is 17.7 Å². The van der Waals surface area contributed by atoms with Gasteiger partial charge in [0.25, 0.3) is 0 Å². The van der Waals surface area contributed by atoms with Gasteiger partial charge in [-0.3, -0.25) is 14.9 Å². The molecule has 23 heavy (non-hydrogen) atoms. The smallest absolute Gasteiger partial charge is 0.320 e. The molecule has 1 aromatic carbocycles. The van der Waals surface area contributed by atoms with Crippen LogP contribution in [0.3, 0.4) is 0 Å². The number of methoxy groups -OCH3 is 3. The summed E-state index contributed by atoms with van der Waals surface area (Å²) in [6, 6.07) is 2.45.